The van der Waals surface area contributed by atoms with Crippen molar-refractivity contribution in [2.24, 2.45) is 0 Å². The molecule has 1 aromatic rings. The monoisotopic (exact) mass is 310 g/mol. The SMILES string of the molecule is CCCN1CCc2c(NC(C)=O)ccc(Br)c2C1. The molecule has 1 heterocycles. The maximum absolute atomic E-state index is 11.2. The van der Waals surface area contributed by atoms with Crippen molar-refractivity contribution in [1.29, 1.82) is 0 Å². The Hall–Kier alpha value is -0.870. The molecule has 0 aliphatic carbocycles. The van der Waals surface area contributed by atoms with Crippen molar-refractivity contribution in [2.45, 2.75) is 33.2 Å². The predicted molar refractivity (Wildman–Crippen MR) is 77.7 cm³/mol. The molecule has 18 heavy (non-hydrogen) atoms. The van der Waals surface area contributed by atoms with E-state index in [9.17, 15) is 4.79 Å². The average Bonchev–Trinajstić information content (AvgIpc) is 2.33. The number of halogens is 1. The fraction of sp³-hybridized carbons (Fsp3) is 0.500. The molecule has 0 radical (unpaired) electrons. The number of fused-ring (bicyclic) bond motifs is 1. The van der Waals surface area contributed by atoms with E-state index >= 15 is 0 Å². The summed E-state index contributed by atoms with van der Waals surface area (Å²) in [7, 11) is 0. The van der Waals surface area contributed by atoms with Crippen molar-refractivity contribution in [1.82, 2.24) is 4.90 Å². The maximum Gasteiger partial charge on any atom is 0.221 e. The Morgan fingerprint density at radius 3 is 2.89 bits per heavy atom. The second-order valence-electron chi connectivity index (χ2n) is 4.76. The van der Waals surface area contributed by atoms with Gasteiger partial charge in [-0.2, -0.15) is 0 Å². The van der Waals surface area contributed by atoms with Gasteiger partial charge in [-0.05, 0) is 42.6 Å². The molecule has 0 spiro atoms. The molecule has 1 aliphatic rings. The average molecular weight is 311 g/mol. The standard InChI is InChI=1S/C14H19BrN2O/c1-3-7-17-8-6-11-12(9-17)13(15)4-5-14(11)16-10(2)18/h4-5H,3,6-9H2,1-2H3,(H,16,18). The van der Waals surface area contributed by atoms with Crippen molar-refractivity contribution in [3.8, 4) is 0 Å². The van der Waals surface area contributed by atoms with Crippen LogP contribution in [0.5, 0.6) is 0 Å². The number of hydrogen-bond acceptors (Lipinski definition) is 2. The van der Waals surface area contributed by atoms with Crippen LogP contribution in [0.25, 0.3) is 0 Å². The first-order valence-electron chi connectivity index (χ1n) is 6.42. The Labute approximate surface area is 117 Å². The van der Waals surface area contributed by atoms with E-state index in [4.69, 9.17) is 0 Å². The van der Waals surface area contributed by atoms with Gasteiger partial charge < -0.3 is 5.32 Å². The van der Waals surface area contributed by atoms with Crippen LogP contribution in [0.4, 0.5) is 5.69 Å². The smallest absolute Gasteiger partial charge is 0.221 e. The number of nitrogens with one attached hydrogen (secondary N) is 1. The molecule has 0 fully saturated rings. The lowest BCUT2D eigenvalue weighted by atomic mass is 9.97. The van der Waals surface area contributed by atoms with E-state index in [-0.39, 0.29) is 5.91 Å². The molecule has 0 saturated heterocycles. The van der Waals surface area contributed by atoms with Gasteiger partial charge in [0.2, 0.25) is 5.91 Å². The van der Waals surface area contributed by atoms with Crippen LogP contribution in [-0.4, -0.2) is 23.9 Å². The zero-order valence-corrected chi connectivity index (χ0v) is 12.5. The molecule has 4 heteroatoms. The molecule has 0 unspecified atom stereocenters. The van der Waals surface area contributed by atoms with Crippen molar-refractivity contribution >= 4 is 27.5 Å². The molecule has 2 rings (SSSR count). The normalized spacial score (nSPS) is 15.3. The van der Waals surface area contributed by atoms with Gasteiger partial charge in [-0.1, -0.05) is 22.9 Å². The van der Waals surface area contributed by atoms with Gasteiger partial charge in [0.15, 0.2) is 0 Å². The van der Waals surface area contributed by atoms with E-state index in [1.54, 1.807) is 6.92 Å². The van der Waals surface area contributed by atoms with E-state index in [1.165, 1.54) is 17.5 Å². The molecule has 0 aromatic heterocycles. The molecule has 0 atom stereocenters. The van der Waals surface area contributed by atoms with Crippen LogP contribution >= 0.6 is 15.9 Å². The molecule has 1 N–H and O–H groups in total. The minimum absolute atomic E-state index is 0.00416. The number of carbonyl (C=O) groups excluding carboxylic acids is 1. The fourth-order valence-electron chi connectivity index (χ4n) is 2.51. The largest absolute Gasteiger partial charge is 0.326 e. The number of rotatable bonds is 3. The van der Waals surface area contributed by atoms with Gasteiger partial charge in [0.1, 0.15) is 0 Å². The Morgan fingerprint density at radius 1 is 1.44 bits per heavy atom. The summed E-state index contributed by atoms with van der Waals surface area (Å²) in [6.07, 6.45) is 2.18. The van der Waals surface area contributed by atoms with E-state index in [0.717, 1.165) is 36.2 Å². The van der Waals surface area contributed by atoms with Gasteiger partial charge in [0, 0.05) is 30.2 Å². The molecule has 1 aliphatic heterocycles. The number of amides is 1. The minimum atomic E-state index is -0.00416. The molecule has 98 valence electrons. The first kappa shape index (κ1) is 13.6. The Balaban J connectivity index is 2.29. The van der Waals surface area contributed by atoms with Crippen molar-refractivity contribution in [3.63, 3.8) is 0 Å². The maximum atomic E-state index is 11.2. The van der Waals surface area contributed by atoms with E-state index < -0.39 is 0 Å². The predicted octanol–water partition coefficient (Wildman–Crippen LogP) is 3.18. The summed E-state index contributed by atoms with van der Waals surface area (Å²) in [4.78, 5) is 13.7. The third-order valence-electron chi connectivity index (χ3n) is 3.28. The molecule has 1 aromatic carbocycles. The summed E-state index contributed by atoms with van der Waals surface area (Å²) < 4.78 is 1.15. The summed E-state index contributed by atoms with van der Waals surface area (Å²) in [5.74, 6) is -0.00416. The first-order chi connectivity index (χ1) is 8.61. The number of carbonyl (C=O) groups is 1. The lowest BCUT2D eigenvalue weighted by Crippen LogP contribution is -2.32. The quantitative estimate of drug-likeness (QED) is 0.930. The highest BCUT2D eigenvalue weighted by Gasteiger charge is 2.20. The topological polar surface area (TPSA) is 32.3 Å². The minimum Gasteiger partial charge on any atom is -0.326 e. The van der Waals surface area contributed by atoms with Gasteiger partial charge in [-0.25, -0.2) is 0 Å². The van der Waals surface area contributed by atoms with Crippen molar-refractivity contribution < 1.29 is 4.79 Å². The van der Waals surface area contributed by atoms with Crippen LogP contribution < -0.4 is 5.32 Å². The molecule has 0 saturated carbocycles. The molecular weight excluding hydrogens is 292 g/mol. The molecular formula is C14H19BrN2O. The Morgan fingerprint density at radius 2 is 2.22 bits per heavy atom. The second kappa shape index (κ2) is 5.85. The van der Waals surface area contributed by atoms with Crippen molar-refractivity contribution in [2.75, 3.05) is 18.4 Å². The van der Waals surface area contributed by atoms with Crippen LogP contribution in [0.3, 0.4) is 0 Å². The lowest BCUT2D eigenvalue weighted by molar-refractivity contribution is -0.114. The zero-order valence-electron chi connectivity index (χ0n) is 10.9. The van der Waals surface area contributed by atoms with Crippen molar-refractivity contribution in [3.05, 3.63) is 27.7 Å². The third-order valence-corrected chi connectivity index (χ3v) is 4.03. The van der Waals surface area contributed by atoms with Crippen LogP contribution in [0.1, 0.15) is 31.4 Å². The van der Waals surface area contributed by atoms with Crippen LogP contribution in [0, 0.1) is 0 Å². The van der Waals surface area contributed by atoms with Gasteiger partial charge in [0.25, 0.3) is 0 Å². The first-order valence-corrected chi connectivity index (χ1v) is 7.21. The highest BCUT2D eigenvalue weighted by molar-refractivity contribution is 9.10. The highest BCUT2D eigenvalue weighted by atomic mass is 79.9. The summed E-state index contributed by atoms with van der Waals surface area (Å²) in [6.45, 7) is 6.94. The van der Waals surface area contributed by atoms with Crippen LogP contribution in [-0.2, 0) is 17.8 Å². The number of hydrogen-bond donors (Lipinski definition) is 1. The summed E-state index contributed by atoms with van der Waals surface area (Å²) in [6, 6.07) is 4.01. The van der Waals surface area contributed by atoms with E-state index in [1.807, 2.05) is 12.1 Å². The summed E-state index contributed by atoms with van der Waals surface area (Å²) in [5.41, 5.74) is 3.57. The Bertz CT molecular complexity index is 459. The second-order valence-corrected chi connectivity index (χ2v) is 5.61. The summed E-state index contributed by atoms with van der Waals surface area (Å²) in [5, 5.41) is 2.93. The number of nitrogens with zero attached hydrogens (tertiary/aromatic N) is 1. The lowest BCUT2D eigenvalue weighted by Gasteiger charge is -2.30. The molecule has 3 nitrogen and oxygen atoms in total. The Kier molecular flexibility index (Phi) is 4.40. The third kappa shape index (κ3) is 2.93. The van der Waals surface area contributed by atoms with Crippen LogP contribution in [0.2, 0.25) is 0 Å². The zero-order chi connectivity index (χ0) is 13.1. The molecule has 0 bridgehead atoms. The molecule has 1 amide bonds. The van der Waals surface area contributed by atoms with E-state index in [0.29, 0.717) is 0 Å². The number of anilines is 1. The summed E-state index contributed by atoms with van der Waals surface area (Å²) >= 11 is 3.62. The highest BCUT2D eigenvalue weighted by Crippen LogP contribution is 2.32. The van der Waals surface area contributed by atoms with E-state index in [2.05, 4.69) is 33.1 Å². The van der Waals surface area contributed by atoms with Gasteiger partial charge >= 0.3 is 0 Å². The van der Waals surface area contributed by atoms with Crippen LogP contribution in [0.15, 0.2) is 16.6 Å². The number of benzene rings is 1. The fourth-order valence-corrected chi connectivity index (χ4v) is 3.00. The van der Waals surface area contributed by atoms with Gasteiger partial charge in [0.05, 0.1) is 0 Å². The van der Waals surface area contributed by atoms with Gasteiger partial charge in [-0.15, -0.1) is 0 Å². The van der Waals surface area contributed by atoms with Gasteiger partial charge in [-0.3, -0.25) is 9.69 Å².